The van der Waals surface area contributed by atoms with Crippen LogP contribution in [0.1, 0.15) is 34.6 Å². The first-order valence-electron chi connectivity index (χ1n) is 7.88. The van der Waals surface area contributed by atoms with E-state index < -0.39 is 5.82 Å². The third-order valence-electron chi connectivity index (χ3n) is 4.05. The number of aliphatic hydroxyl groups excluding tert-OH is 1. The molecular formula is C19H18FN3O2. The number of anilines is 1. The van der Waals surface area contributed by atoms with Gasteiger partial charge in [-0.05, 0) is 42.8 Å². The van der Waals surface area contributed by atoms with Gasteiger partial charge in [0, 0.05) is 11.8 Å². The van der Waals surface area contributed by atoms with Gasteiger partial charge in [0.15, 0.2) is 0 Å². The minimum absolute atomic E-state index is 0.181. The van der Waals surface area contributed by atoms with Crippen molar-refractivity contribution in [3.63, 3.8) is 0 Å². The van der Waals surface area contributed by atoms with Crippen LogP contribution in [0.25, 0.3) is 0 Å². The number of aromatic nitrogens is 2. The van der Waals surface area contributed by atoms with Gasteiger partial charge >= 0.3 is 0 Å². The van der Waals surface area contributed by atoms with E-state index in [1.165, 1.54) is 12.3 Å². The van der Waals surface area contributed by atoms with Crippen molar-refractivity contribution in [2.45, 2.75) is 19.6 Å². The van der Waals surface area contributed by atoms with Gasteiger partial charge in [-0.25, -0.2) is 4.39 Å². The first-order chi connectivity index (χ1) is 12.1. The van der Waals surface area contributed by atoms with Gasteiger partial charge in [0.05, 0.1) is 24.5 Å². The van der Waals surface area contributed by atoms with Crippen molar-refractivity contribution in [3.8, 4) is 0 Å². The molecule has 3 rings (SSSR count). The van der Waals surface area contributed by atoms with Crippen LogP contribution in [-0.4, -0.2) is 20.6 Å². The number of nitrogens with zero attached hydrogens (tertiary/aromatic N) is 2. The lowest BCUT2D eigenvalue weighted by Gasteiger charge is -2.18. The van der Waals surface area contributed by atoms with Crippen LogP contribution in [0.4, 0.5) is 10.2 Å². The van der Waals surface area contributed by atoms with Gasteiger partial charge in [0.1, 0.15) is 11.6 Å². The Morgan fingerprint density at radius 1 is 1.24 bits per heavy atom. The number of rotatable bonds is 5. The van der Waals surface area contributed by atoms with Crippen molar-refractivity contribution in [3.05, 3.63) is 83.6 Å². The lowest BCUT2D eigenvalue weighted by atomic mass is 10.1. The Labute approximate surface area is 144 Å². The molecule has 128 valence electrons. The number of halogens is 1. The van der Waals surface area contributed by atoms with E-state index in [1.54, 1.807) is 36.4 Å². The molecule has 2 N–H and O–H groups in total. The highest BCUT2D eigenvalue weighted by Crippen LogP contribution is 2.23. The standard InChI is InChI=1S/C19H18FN3O2/c1-13(17-9-8-15(20)11-21-17)23-10-4-7-18(23)22-19(25)16-6-3-2-5-14(16)12-24/h2-11,13,24H,12H2,1H3,(H,22,25)/t13-/m0/s1. The topological polar surface area (TPSA) is 67.2 Å². The summed E-state index contributed by atoms with van der Waals surface area (Å²) in [6.07, 6.45) is 2.99. The fourth-order valence-electron chi connectivity index (χ4n) is 2.68. The van der Waals surface area contributed by atoms with Crippen molar-refractivity contribution in [2.24, 2.45) is 0 Å². The zero-order valence-electron chi connectivity index (χ0n) is 13.7. The van der Waals surface area contributed by atoms with Crippen molar-refractivity contribution in [2.75, 3.05) is 5.32 Å². The van der Waals surface area contributed by atoms with Gasteiger partial charge in [-0.3, -0.25) is 9.78 Å². The monoisotopic (exact) mass is 339 g/mol. The lowest BCUT2D eigenvalue weighted by molar-refractivity contribution is 0.102. The molecule has 25 heavy (non-hydrogen) atoms. The third kappa shape index (κ3) is 3.59. The Balaban J connectivity index is 1.84. The molecule has 3 aromatic rings. The van der Waals surface area contributed by atoms with Crippen LogP contribution in [0, 0.1) is 5.82 Å². The molecule has 1 amide bonds. The summed E-state index contributed by atoms with van der Waals surface area (Å²) in [5.74, 6) is -0.0992. The maximum atomic E-state index is 13.1. The molecule has 6 heteroatoms. The Morgan fingerprint density at radius 2 is 2.04 bits per heavy atom. The number of carbonyl (C=O) groups is 1. The quantitative estimate of drug-likeness (QED) is 0.749. The average molecular weight is 339 g/mol. The first-order valence-corrected chi connectivity index (χ1v) is 7.88. The third-order valence-corrected chi connectivity index (χ3v) is 4.05. The molecule has 0 radical (unpaired) electrons. The van der Waals surface area contributed by atoms with E-state index >= 15 is 0 Å². The molecule has 0 unspecified atom stereocenters. The molecule has 0 saturated heterocycles. The predicted molar refractivity (Wildman–Crippen MR) is 92.8 cm³/mol. The zero-order valence-corrected chi connectivity index (χ0v) is 13.7. The van der Waals surface area contributed by atoms with Gasteiger partial charge in [-0.2, -0.15) is 0 Å². The van der Waals surface area contributed by atoms with Gasteiger partial charge in [0.2, 0.25) is 0 Å². The summed E-state index contributed by atoms with van der Waals surface area (Å²) in [5.41, 5.74) is 1.67. The number of amides is 1. The van der Waals surface area contributed by atoms with Gasteiger partial charge in [-0.1, -0.05) is 18.2 Å². The molecule has 1 atom stereocenters. The molecule has 5 nitrogen and oxygen atoms in total. The number of aliphatic hydroxyl groups is 1. The van der Waals surface area contributed by atoms with Crippen molar-refractivity contribution in [1.82, 2.24) is 9.55 Å². The van der Waals surface area contributed by atoms with Crippen molar-refractivity contribution >= 4 is 11.7 Å². The van der Waals surface area contributed by atoms with Crippen LogP contribution < -0.4 is 5.32 Å². The fraction of sp³-hybridized carbons (Fsp3) is 0.158. The minimum atomic E-state index is -0.391. The fourth-order valence-corrected chi connectivity index (χ4v) is 2.68. The normalized spacial score (nSPS) is 12.0. The van der Waals surface area contributed by atoms with E-state index in [2.05, 4.69) is 10.3 Å². The highest BCUT2D eigenvalue weighted by molar-refractivity contribution is 6.04. The lowest BCUT2D eigenvalue weighted by Crippen LogP contribution is -2.18. The zero-order chi connectivity index (χ0) is 17.8. The molecular weight excluding hydrogens is 321 g/mol. The van der Waals surface area contributed by atoms with Crippen LogP contribution in [0.5, 0.6) is 0 Å². The second-order valence-corrected chi connectivity index (χ2v) is 5.65. The summed E-state index contributed by atoms with van der Waals surface area (Å²) in [4.78, 5) is 16.6. The Bertz CT molecular complexity index is 874. The summed E-state index contributed by atoms with van der Waals surface area (Å²) in [5, 5.41) is 12.2. The van der Waals surface area contributed by atoms with Crippen LogP contribution in [0.2, 0.25) is 0 Å². The highest BCUT2D eigenvalue weighted by atomic mass is 19.1. The molecule has 0 saturated carbocycles. The maximum absolute atomic E-state index is 13.1. The van der Waals surface area contributed by atoms with Crippen LogP contribution in [0.3, 0.4) is 0 Å². The molecule has 1 aromatic carbocycles. The van der Waals surface area contributed by atoms with Crippen molar-refractivity contribution in [1.29, 1.82) is 0 Å². The Hall–Kier alpha value is -2.99. The van der Waals surface area contributed by atoms with Crippen LogP contribution >= 0.6 is 0 Å². The minimum Gasteiger partial charge on any atom is -0.392 e. The Kier molecular flexibility index (Phi) is 4.90. The van der Waals surface area contributed by atoms with Gasteiger partial charge in [-0.15, -0.1) is 0 Å². The van der Waals surface area contributed by atoms with E-state index in [-0.39, 0.29) is 18.6 Å². The number of hydrogen-bond donors (Lipinski definition) is 2. The smallest absolute Gasteiger partial charge is 0.257 e. The van der Waals surface area contributed by atoms with E-state index in [0.29, 0.717) is 22.6 Å². The average Bonchev–Trinajstić information content (AvgIpc) is 3.09. The molecule has 0 bridgehead atoms. The van der Waals surface area contributed by atoms with E-state index in [4.69, 9.17) is 0 Å². The van der Waals surface area contributed by atoms with E-state index in [1.807, 2.05) is 23.8 Å². The largest absolute Gasteiger partial charge is 0.392 e. The molecule has 2 heterocycles. The van der Waals surface area contributed by atoms with Crippen LogP contribution in [-0.2, 0) is 6.61 Å². The number of pyridine rings is 1. The van der Waals surface area contributed by atoms with Gasteiger partial charge in [0.25, 0.3) is 5.91 Å². The Morgan fingerprint density at radius 3 is 2.76 bits per heavy atom. The number of carbonyl (C=O) groups excluding carboxylic acids is 1. The van der Waals surface area contributed by atoms with Crippen molar-refractivity contribution < 1.29 is 14.3 Å². The first kappa shape index (κ1) is 16.9. The highest BCUT2D eigenvalue weighted by Gasteiger charge is 2.16. The molecule has 0 aliphatic heterocycles. The summed E-state index contributed by atoms with van der Waals surface area (Å²) in [6, 6.07) is 13.3. The van der Waals surface area contributed by atoms with E-state index in [9.17, 15) is 14.3 Å². The molecule has 0 fully saturated rings. The second kappa shape index (κ2) is 7.27. The summed E-state index contributed by atoms with van der Waals surface area (Å²) in [7, 11) is 0. The molecule has 0 spiro atoms. The summed E-state index contributed by atoms with van der Waals surface area (Å²) < 4.78 is 14.9. The molecule has 0 aliphatic rings. The number of benzene rings is 1. The summed E-state index contributed by atoms with van der Waals surface area (Å²) in [6.45, 7) is 1.71. The SMILES string of the molecule is C[C@@H](c1ccc(F)cn1)n1cccc1NC(=O)c1ccccc1CO. The number of hydrogen-bond acceptors (Lipinski definition) is 3. The van der Waals surface area contributed by atoms with Gasteiger partial charge < -0.3 is 15.0 Å². The van der Waals surface area contributed by atoms with Crippen LogP contribution in [0.15, 0.2) is 60.9 Å². The second-order valence-electron chi connectivity index (χ2n) is 5.65. The molecule has 2 aromatic heterocycles. The predicted octanol–water partition coefficient (Wildman–Crippen LogP) is 3.38. The number of nitrogens with one attached hydrogen (secondary N) is 1. The van der Waals surface area contributed by atoms with E-state index in [0.717, 1.165) is 0 Å². The maximum Gasteiger partial charge on any atom is 0.257 e. The summed E-state index contributed by atoms with van der Waals surface area (Å²) >= 11 is 0. The molecule has 0 aliphatic carbocycles.